The van der Waals surface area contributed by atoms with Crippen molar-refractivity contribution in [1.29, 1.82) is 0 Å². The van der Waals surface area contributed by atoms with Crippen LogP contribution in [0, 0.1) is 5.82 Å². The Morgan fingerprint density at radius 1 is 1.06 bits per heavy atom. The van der Waals surface area contributed by atoms with Gasteiger partial charge in [0.1, 0.15) is 17.3 Å². The molecule has 31 heavy (non-hydrogen) atoms. The minimum Gasteiger partial charge on any atom is -0.497 e. The molecule has 4 rings (SSSR count). The quantitative estimate of drug-likeness (QED) is 0.432. The first-order valence-electron chi connectivity index (χ1n) is 10.2. The first kappa shape index (κ1) is 20.8. The van der Waals surface area contributed by atoms with Gasteiger partial charge in [0.25, 0.3) is 0 Å². The molecule has 0 spiro atoms. The maximum atomic E-state index is 14.4. The summed E-state index contributed by atoms with van der Waals surface area (Å²) in [6.45, 7) is 1.56. The summed E-state index contributed by atoms with van der Waals surface area (Å²) < 4.78 is 23.1. The fourth-order valence-corrected chi connectivity index (χ4v) is 3.57. The van der Waals surface area contributed by atoms with Gasteiger partial charge in [0, 0.05) is 43.7 Å². The van der Waals surface area contributed by atoms with E-state index in [9.17, 15) is 4.39 Å². The van der Waals surface area contributed by atoms with Gasteiger partial charge in [-0.2, -0.15) is 10.2 Å². The number of aryl methyl sites for hydroxylation is 1. The maximum absolute atomic E-state index is 14.4. The highest BCUT2D eigenvalue weighted by Gasteiger charge is 2.16. The van der Waals surface area contributed by atoms with Gasteiger partial charge < -0.3 is 9.64 Å². The van der Waals surface area contributed by atoms with E-state index in [4.69, 9.17) is 9.84 Å². The fourth-order valence-electron chi connectivity index (χ4n) is 3.57. The minimum absolute atomic E-state index is 0.303. The monoisotopic (exact) mass is 419 g/mol. The summed E-state index contributed by atoms with van der Waals surface area (Å²) >= 11 is 0. The molecule has 0 unspecified atom stereocenters. The summed E-state index contributed by atoms with van der Waals surface area (Å²) in [6, 6.07) is 14.4. The minimum atomic E-state index is -0.303. The Kier molecular flexibility index (Phi) is 6.13. The molecular weight excluding hydrogens is 393 g/mol. The average Bonchev–Trinajstić information content (AvgIpc) is 3.39. The summed E-state index contributed by atoms with van der Waals surface area (Å²) in [5.74, 6) is 0.482. The van der Waals surface area contributed by atoms with Crippen LogP contribution in [0.2, 0.25) is 0 Å². The molecule has 0 fully saturated rings. The molecule has 160 valence electrons. The molecule has 7 heteroatoms. The van der Waals surface area contributed by atoms with E-state index in [0.717, 1.165) is 35.5 Å². The molecule has 0 saturated carbocycles. The van der Waals surface area contributed by atoms with Crippen LogP contribution in [0.4, 0.5) is 4.39 Å². The second kappa shape index (κ2) is 9.14. The number of nitrogens with zero attached hydrogens (tertiary/aromatic N) is 5. The molecule has 0 atom stereocenters. The third-order valence-corrected chi connectivity index (χ3v) is 5.23. The maximum Gasteiger partial charge on any atom is 0.148 e. The van der Waals surface area contributed by atoms with Gasteiger partial charge >= 0.3 is 0 Å². The lowest BCUT2D eigenvalue weighted by atomic mass is 10.1. The highest BCUT2D eigenvalue weighted by Crippen LogP contribution is 2.27. The zero-order valence-corrected chi connectivity index (χ0v) is 18.0. The van der Waals surface area contributed by atoms with Gasteiger partial charge in [-0.25, -0.2) is 9.07 Å². The smallest absolute Gasteiger partial charge is 0.148 e. The molecular formula is C24H26FN5O. The van der Waals surface area contributed by atoms with E-state index in [2.05, 4.69) is 17.0 Å². The van der Waals surface area contributed by atoms with Gasteiger partial charge in [-0.1, -0.05) is 12.1 Å². The molecule has 6 nitrogen and oxygen atoms in total. The SMILES string of the molecule is COc1ccc(-c2nn(-c3ccccc3F)cc2CN(C)CCc2cnn(C)c2)cc1. The van der Waals surface area contributed by atoms with E-state index in [0.29, 0.717) is 12.2 Å². The Labute approximate surface area is 181 Å². The lowest BCUT2D eigenvalue weighted by Crippen LogP contribution is -2.20. The van der Waals surface area contributed by atoms with Crippen LogP contribution < -0.4 is 4.74 Å². The van der Waals surface area contributed by atoms with Crippen molar-refractivity contribution in [3.05, 3.63) is 84.1 Å². The predicted molar refractivity (Wildman–Crippen MR) is 119 cm³/mol. The third-order valence-electron chi connectivity index (χ3n) is 5.23. The fraction of sp³-hybridized carbons (Fsp3) is 0.250. The van der Waals surface area contributed by atoms with Crippen LogP contribution in [0.3, 0.4) is 0 Å². The van der Waals surface area contributed by atoms with Crippen LogP contribution in [0.15, 0.2) is 67.1 Å². The Hall–Kier alpha value is -3.45. The standard InChI is InChI=1S/C24H26FN5O/c1-28(13-12-18-14-26-29(2)15-18)16-20-17-30(23-7-5-4-6-22(23)25)27-24(20)19-8-10-21(31-3)11-9-19/h4-11,14-15,17H,12-13,16H2,1-3H3. The summed E-state index contributed by atoms with van der Waals surface area (Å²) in [5, 5.41) is 8.97. The van der Waals surface area contributed by atoms with Crippen LogP contribution in [-0.2, 0) is 20.0 Å². The van der Waals surface area contributed by atoms with E-state index >= 15 is 0 Å². The number of hydrogen-bond acceptors (Lipinski definition) is 4. The summed E-state index contributed by atoms with van der Waals surface area (Å²) in [4.78, 5) is 2.24. The van der Waals surface area contributed by atoms with E-state index in [1.165, 1.54) is 11.6 Å². The van der Waals surface area contributed by atoms with E-state index < -0.39 is 0 Å². The molecule has 2 heterocycles. The molecule has 0 aliphatic heterocycles. The van der Waals surface area contributed by atoms with Gasteiger partial charge in [-0.3, -0.25) is 4.68 Å². The van der Waals surface area contributed by atoms with Crippen molar-refractivity contribution < 1.29 is 9.13 Å². The highest BCUT2D eigenvalue weighted by atomic mass is 19.1. The number of ether oxygens (including phenoxy) is 1. The Morgan fingerprint density at radius 2 is 1.84 bits per heavy atom. The molecule has 0 aliphatic rings. The van der Waals surface area contributed by atoms with Crippen LogP contribution >= 0.6 is 0 Å². The van der Waals surface area contributed by atoms with Gasteiger partial charge in [0.2, 0.25) is 0 Å². The molecule has 0 saturated heterocycles. The Morgan fingerprint density at radius 3 is 2.52 bits per heavy atom. The van der Waals surface area contributed by atoms with Crippen LogP contribution in [0.1, 0.15) is 11.1 Å². The zero-order chi connectivity index (χ0) is 21.8. The number of benzene rings is 2. The lowest BCUT2D eigenvalue weighted by Gasteiger charge is -2.16. The van der Waals surface area contributed by atoms with Crippen LogP contribution in [0.5, 0.6) is 5.75 Å². The number of methoxy groups -OCH3 is 1. The Balaban J connectivity index is 1.61. The molecule has 4 aromatic rings. The second-order valence-electron chi connectivity index (χ2n) is 7.64. The first-order chi connectivity index (χ1) is 15.0. The predicted octanol–water partition coefficient (Wildman–Crippen LogP) is 4.10. The largest absolute Gasteiger partial charge is 0.497 e. The topological polar surface area (TPSA) is 48.1 Å². The van der Waals surface area contributed by atoms with Gasteiger partial charge in [-0.15, -0.1) is 0 Å². The van der Waals surface area contributed by atoms with Crippen molar-refractivity contribution >= 4 is 0 Å². The molecule has 0 radical (unpaired) electrons. The lowest BCUT2D eigenvalue weighted by molar-refractivity contribution is 0.331. The molecule has 0 amide bonds. The number of hydrogen-bond donors (Lipinski definition) is 0. The van der Waals surface area contributed by atoms with Gasteiger partial charge in [0.15, 0.2) is 0 Å². The third kappa shape index (κ3) is 4.83. The van der Waals surface area contributed by atoms with Crippen molar-refractivity contribution in [3.63, 3.8) is 0 Å². The van der Waals surface area contributed by atoms with Crippen molar-refractivity contribution in [2.24, 2.45) is 7.05 Å². The van der Waals surface area contributed by atoms with Crippen LogP contribution in [0.25, 0.3) is 16.9 Å². The average molecular weight is 420 g/mol. The van der Waals surface area contributed by atoms with E-state index in [-0.39, 0.29) is 5.82 Å². The summed E-state index contributed by atoms with van der Waals surface area (Å²) in [6.07, 6.45) is 6.75. The number of halogens is 1. The van der Waals surface area contributed by atoms with Crippen molar-refractivity contribution in [3.8, 4) is 22.7 Å². The molecule has 2 aromatic carbocycles. The second-order valence-corrected chi connectivity index (χ2v) is 7.64. The molecule has 0 aliphatic carbocycles. The van der Waals surface area contributed by atoms with Crippen molar-refractivity contribution in [1.82, 2.24) is 24.5 Å². The van der Waals surface area contributed by atoms with Crippen molar-refractivity contribution in [2.45, 2.75) is 13.0 Å². The highest BCUT2D eigenvalue weighted by molar-refractivity contribution is 5.64. The van der Waals surface area contributed by atoms with Crippen LogP contribution in [-0.4, -0.2) is 45.2 Å². The number of aromatic nitrogens is 4. The van der Waals surface area contributed by atoms with Gasteiger partial charge in [-0.05, 0) is 55.4 Å². The molecule has 0 N–H and O–H groups in total. The number of likely N-dealkylation sites (N-methyl/N-ethyl adjacent to an activating group) is 1. The first-order valence-corrected chi connectivity index (χ1v) is 10.2. The summed E-state index contributed by atoms with van der Waals surface area (Å²) in [5.41, 5.74) is 4.46. The van der Waals surface area contributed by atoms with E-state index in [1.807, 2.05) is 60.7 Å². The zero-order valence-electron chi connectivity index (χ0n) is 18.0. The molecule has 0 bridgehead atoms. The number of rotatable bonds is 8. The van der Waals surface area contributed by atoms with Crippen molar-refractivity contribution in [2.75, 3.05) is 20.7 Å². The van der Waals surface area contributed by atoms with E-state index in [1.54, 1.807) is 23.9 Å². The normalized spacial score (nSPS) is 11.3. The van der Waals surface area contributed by atoms with Gasteiger partial charge in [0.05, 0.1) is 19.0 Å². The summed E-state index contributed by atoms with van der Waals surface area (Å²) in [7, 11) is 5.64. The Bertz CT molecular complexity index is 1150. The number of para-hydroxylation sites is 1. The molecule has 2 aromatic heterocycles.